The Morgan fingerprint density at radius 3 is 3.00 bits per heavy atom. The highest BCUT2D eigenvalue weighted by atomic mass is 32.2. The maximum Gasteiger partial charge on any atom is 0.315 e. The summed E-state index contributed by atoms with van der Waals surface area (Å²) < 4.78 is 5.60. The highest BCUT2D eigenvalue weighted by molar-refractivity contribution is 7.98. The first-order chi connectivity index (χ1) is 8.22. The summed E-state index contributed by atoms with van der Waals surface area (Å²) in [4.78, 5) is 11.5. The van der Waals surface area contributed by atoms with E-state index in [1.54, 1.807) is 11.8 Å². The standard InChI is InChI=1S/C12H24N2O2S/c1-10(9-17-2)14-12(15)13-7-6-11-5-3-4-8-16-11/h10-11H,3-9H2,1-2H3,(H2,13,14,15)/t10-,11-/m1/s1. The van der Waals surface area contributed by atoms with Gasteiger partial charge in [0, 0.05) is 24.9 Å². The summed E-state index contributed by atoms with van der Waals surface area (Å²) in [7, 11) is 0. The third-order valence-corrected chi connectivity index (χ3v) is 3.65. The van der Waals surface area contributed by atoms with Crippen molar-refractivity contribution < 1.29 is 9.53 Å². The third kappa shape index (κ3) is 6.78. The minimum absolute atomic E-state index is 0.0673. The molecule has 4 nitrogen and oxygen atoms in total. The SMILES string of the molecule is CSC[C@@H](C)NC(=O)NCC[C@H]1CCCCO1. The van der Waals surface area contributed by atoms with Crippen LogP contribution in [0.15, 0.2) is 0 Å². The van der Waals surface area contributed by atoms with Crippen LogP contribution in [0.25, 0.3) is 0 Å². The van der Waals surface area contributed by atoms with E-state index < -0.39 is 0 Å². The van der Waals surface area contributed by atoms with Gasteiger partial charge in [0.15, 0.2) is 0 Å². The Bertz CT molecular complexity index is 221. The van der Waals surface area contributed by atoms with Crippen molar-refractivity contribution in [2.24, 2.45) is 0 Å². The summed E-state index contributed by atoms with van der Waals surface area (Å²) in [5.74, 6) is 0.944. The fourth-order valence-corrected chi connectivity index (χ4v) is 2.53. The van der Waals surface area contributed by atoms with Gasteiger partial charge in [-0.25, -0.2) is 4.79 Å². The molecular formula is C12H24N2O2S. The average molecular weight is 260 g/mol. The Morgan fingerprint density at radius 1 is 1.53 bits per heavy atom. The van der Waals surface area contributed by atoms with Gasteiger partial charge < -0.3 is 15.4 Å². The molecule has 2 atom stereocenters. The Balaban J connectivity index is 2.03. The van der Waals surface area contributed by atoms with E-state index in [2.05, 4.69) is 10.6 Å². The number of rotatable bonds is 6. The van der Waals surface area contributed by atoms with Gasteiger partial charge >= 0.3 is 6.03 Å². The second-order valence-electron chi connectivity index (χ2n) is 4.53. The van der Waals surface area contributed by atoms with Crippen LogP contribution in [-0.2, 0) is 4.74 Å². The van der Waals surface area contributed by atoms with E-state index in [0.717, 1.165) is 25.2 Å². The van der Waals surface area contributed by atoms with Crippen molar-refractivity contribution in [2.75, 3.05) is 25.2 Å². The van der Waals surface area contributed by atoms with E-state index >= 15 is 0 Å². The number of hydrogen-bond donors (Lipinski definition) is 2. The molecular weight excluding hydrogens is 236 g/mol. The quantitative estimate of drug-likeness (QED) is 0.768. The second kappa shape index (κ2) is 8.64. The van der Waals surface area contributed by atoms with Gasteiger partial charge in [0.05, 0.1) is 6.10 Å². The van der Waals surface area contributed by atoms with E-state index in [0.29, 0.717) is 12.6 Å². The molecule has 2 amide bonds. The lowest BCUT2D eigenvalue weighted by Gasteiger charge is -2.22. The Labute approximate surface area is 108 Å². The zero-order chi connectivity index (χ0) is 12.5. The van der Waals surface area contributed by atoms with E-state index in [1.807, 2.05) is 13.2 Å². The summed E-state index contributed by atoms with van der Waals surface area (Å²) in [6.07, 6.45) is 6.86. The number of amides is 2. The molecule has 1 fully saturated rings. The average Bonchev–Trinajstić information content (AvgIpc) is 2.30. The van der Waals surface area contributed by atoms with Crippen LogP contribution in [0.4, 0.5) is 4.79 Å². The van der Waals surface area contributed by atoms with Crippen LogP contribution in [0, 0.1) is 0 Å². The number of ether oxygens (including phenoxy) is 1. The minimum Gasteiger partial charge on any atom is -0.378 e. The van der Waals surface area contributed by atoms with Gasteiger partial charge in [-0.1, -0.05) is 0 Å². The van der Waals surface area contributed by atoms with Gasteiger partial charge in [0.1, 0.15) is 0 Å². The van der Waals surface area contributed by atoms with Crippen LogP contribution in [0.3, 0.4) is 0 Å². The zero-order valence-corrected chi connectivity index (χ0v) is 11.6. The fourth-order valence-electron chi connectivity index (χ4n) is 1.95. The molecule has 0 spiro atoms. The normalized spacial score (nSPS) is 21.9. The van der Waals surface area contributed by atoms with Crippen molar-refractivity contribution in [3.05, 3.63) is 0 Å². The van der Waals surface area contributed by atoms with Crippen molar-refractivity contribution in [2.45, 2.75) is 44.8 Å². The lowest BCUT2D eigenvalue weighted by molar-refractivity contribution is 0.0120. The smallest absolute Gasteiger partial charge is 0.315 e. The molecule has 2 N–H and O–H groups in total. The molecule has 17 heavy (non-hydrogen) atoms. The summed E-state index contributed by atoms with van der Waals surface area (Å²) in [5, 5.41) is 5.79. The van der Waals surface area contributed by atoms with Crippen molar-refractivity contribution in [1.82, 2.24) is 10.6 Å². The minimum atomic E-state index is -0.0673. The van der Waals surface area contributed by atoms with Gasteiger partial charge in [0.2, 0.25) is 0 Å². The van der Waals surface area contributed by atoms with Crippen LogP contribution in [0.1, 0.15) is 32.6 Å². The maximum absolute atomic E-state index is 11.5. The Morgan fingerprint density at radius 2 is 2.35 bits per heavy atom. The summed E-state index contributed by atoms with van der Waals surface area (Å²) in [6, 6.07) is 0.151. The van der Waals surface area contributed by atoms with Gasteiger partial charge in [-0.05, 0) is 38.9 Å². The largest absolute Gasteiger partial charge is 0.378 e. The third-order valence-electron chi connectivity index (χ3n) is 2.82. The lowest BCUT2D eigenvalue weighted by Crippen LogP contribution is -2.42. The van der Waals surface area contributed by atoms with Gasteiger partial charge in [0.25, 0.3) is 0 Å². The molecule has 1 aliphatic rings. The number of carbonyl (C=O) groups excluding carboxylic acids is 1. The highest BCUT2D eigenvalue weighted by Crippen LogP contribution is 2.14. The second-order valence-corrected chi connectivity index (χ2v) is 5.44. The molecule has 0 radical (unpaired) electrons. The van der Waals surface area contributed by atoms with Gasteiger partial charge in [-0.15, -0.1) is 0 Å². The van der Waals surface area contributed by atoms with Crippen LogP contribution >= 0.6 is 11.8 Å². The fraction of sp³-hybridized carbons (Fsp3) is 0.917. The number of hydrogen-bond acceptors (Lipinski definition) is 3. The molecule has 1 saturated heterocycles. The molecule has 0 aromatic carbocycles. The van der Waals surface area contributed by atoms with E-state index in [1.165, 1.54) is 12.8 Å². The van der Waals surface area contributed by atoms with Gasteiger partial charge in [-0.2, -0.15) is 11.8 Å². The zero-order valence-electron chi connectivity index (χ0n) is 10.8. The number of urea groups is 1. The highest BCUT2D eigenvalue weighted by Gasteiger charge is 2.13. The first-order valence-electron chi connectivity index (χ1n) is 6.37. The van der Waals surface area contributed by atoms with Crippen molar-refractivity contribution in [3.8, 4) is 0 Å². The molecule has 0 saturated carbocycles. The molecule has 0 bridgehead atoms. The molecule has 1 heterocycles. The molecule has 0 unspecified atom stereocenters. The predicted octanol–water partition coefficient (Wildman–Crippen LogP) is 2.00. The number of thioether (sulfide) groups is 1. The molecule has 5 heteroatoms. The van der Waals surface area contributed by atoms with E-state index in [-0.39, 0.29) is 12.1 Å². The van der Waals surface area contributed by atoms with Crippen LogP contribution in [0.5, 0.6) is 0 Å². The van der Waals surface area contributed by atoms with Crippen molar-refractivity contribution in [3.63, 3.8) is 0 Å². The summed E-state index contributed by atoms with van der Waals surface area (Å²) in [6.45, 7) is 3.59. The molecule has 0 aliphatic carbocycles. The van der Waals surface area contributed by atoms with Crippen LogP contribution < -0.4 is 10.6 Å². The van der Waals surface area contributed by atoms with Crippen LogP contribution in [-0.4, -0.2) is 43.3 Å². The monoisotopic (exact) mass is 260 g/mol. The maximum atomic E-state index is 11.5. The molecule has 0 aromatic rings. The summed E-state index contributed by atoms with van der Waals surface area (Å²) in [5.41, 5.74) is 0. The summed E-state index contributed by atoms with van der Waals surface area (Å²) >= 11 is 1.74. The first-order valence-corrected chi connectivity index (χ1v) is 7.76. The Kier molecular flexibility index (Phi) is 7.44. The Hall–Kier alpha value is -0.420. The van der Waals surface area contributed by atoms with Crippen LogP contribution in [0.2, 0.25) is 0 Å². The van der Waals surface area contributed by atoms with E-state index in [9.17, 15) is 4.79 Å². The van der Waals surface area contributed by atoms with E-state index in [4.69, 9.17) is 4.74 Å². The lowest BCUT2D eigenvalue weighted by atomic mass is 10.1. The number of carbonyl (C=O) groups is 1. The van der Waals surface area contributed by atoms with Gasteiger partial charge in [-0.3, -0.25) is 0 Å². The molecule has 1 aliphatic heterocycles. The molecule has 0 aromatic heterocycles. The first kappa shape index (κ1) is 14.6. The molecule has 100 valence electrons. The van der Waals surface area contributed by atoms with Crippen molar-refractivity contribution >= 4 is 17.8 Å². The number of nitrogens with one attached hydrogen (secondary N) is 2. The van der Waals surface area contributed by atoms with Crippen molar-refractivity contribution in [1.29, 1.82) is 0 Å². The molecule has 1 rings (SSSR count). The topological polar surface area (TPSA) is 50.4 Å². The predicted molar refractivity (Wildman–Crippen MR) is 72.6 cm³/mol.